The second kappa shape index (κ2) is 5.99. The van der Waals surface area contributed by atoms with Gasteiger partial charge in [-0.25, -0.2) is 0 Å². The summed E-state index contributed by atoms with van der Waals surface area (Å²) >= 11 is 0. The summed E-state index contributed by atoms with van der Waals surface area (Å²) in [5, 5.41) is 2.90. The summed E-state index contributed by atoms with van der Waals surface area (Å²) in [6.45, 7) is 2.32. The Balaban J connectivity index is 2.08. The smallest absolute Gasteiger partial charge is 0.00408 e. The fourth-order valence-corrected chi connectivity index (χ4v) is 4.09. The summed E-state index contributed by atoms with van der Waals surface area (Å²) in [7, 11) is 0. The molecular weight excluding hydrogens is 240 g/mol. The Kier molecular flexibility index (Phi) is 4.10. The topological polar surface area (TPSA) is 0 Å². The molecule has 0 N–H and O–H groups in total. The van der Waals surface area contributed by atoms with E-state index in [1.54, 1.807) is 5.56 Å². The maximum atomic E-state index is 2.41. The van der Waals surface area contributed by atoms with Gasteiger partial charge in [0.25, 0.3) is 0 Å². The van der Waals surface area contributed by atoms with Gasteiger partial charge in [0.15, 0.2) is 0 Å². The first-order chi connectivity index (χ1) is 9.86. The minimum Gasteiger partial charge on any atom is -0.0654 e. The molecule has 0 aromatic heterocycles. The molecule has 0 heterocycles. The lowest BCUT2D eigenvalue weighted by molar-refractivity contribution is 0.269. The van der Waals surface area contributed by atoms with E-state index in [4.69, 9.17) is 0 Å². The van der Waals surface area contributed by atoms with Crippen LogP contribution >= 0.6 is 0 Å². The van der Waals surface area contributed by atoms with E-state index in [0.29, 0.717) is 5.41 Å². The molecule has 106 valence electrons. The highest BCUT2D eigenvalue weighted by atomic mass is 14.4. The molecule has 0 nitrogen and oxygen atoms in total. The Morgan fingerprint density at radius 3 is 2.45 bits per heavy atom. The van der Waals surface area contributed by atoms with Gasteiger partial charge in [0.05, 0.1) is 0 Å². The lowest BCUT2D eigenvalue weighted by atomic mass is 9.65. The van der Waals surface area contributed by atoms with Gasteiger partial charge in [-0.15, -0.1) is 0 Å². The summed E-state index contributed by atoms with van der Waals surface area (Å²) < 4.78 is 0. The van der Waals surface area contributed by atoms with Gasteiger partial charge in [0, 0.05) is 0 Å². The van der Waals surface area contributed by atoms with Crippen LogP contribution in [0.4, 0.5) is 0 Å². The molecule has 0 heteroatoms. The number of benzene rings is 2. The average molecular weight is 266 g/mol. The Hall–Kier alpha value is -1.30. The van der Waals surface area contributed by atoms with Crippen LogP contribution in [0.2, 0.25) is 0 Å². The van der Waals surface area contributed by atoms with Crippen LogP contribution in [-0.2, 0) is 5.41 Å². The van der Waals surface area contributed by atoms with Gasteiger partial charge in [-0.05, 0) is 41.0 Å². The van der Waals surface area contributed by atoms with Crippen molar-refractivity contribution < 1.29 is 0 Å². The van der Waals surface area contributed by atoms with Crippen molar-refractivity contribution in [1.82, 2.24) is 0 Å². The van der Waals surface area contributed by atoms with Crippen LogP contribution in [0.15, 0.2) is 42.5 Å². The van der Waals surface area contributed by atoms with E-state index in [9.17, 15) is 0 Å². The first-order valence-corrected chi connectivity index (χ1v) is 8.34. The Morgan fingerprint density at radius 1 is 0.900 bits per heavy atom. The molecule has 1 aliphatic rings. The maximum Gasteiger partial charge on any atom is -0.00408 e. The van der Waals surface area contributed by atoms with E-state index < -0.39 is 0 Å². The van der Waals surface area contributed by atoms with Crippen LogP contribution in [0.25, 0.3) is 10.8 Å². The molecule has 0 atom stereocenters. The highest BCUT2D eigenvalue weighted by Gasteiger charge is 2.34. The van der Waals surface area contributed by atoms with Crippen LogP contribution in [0.5, 0.6) is 0 Å². The van der Waals surface area contributed by atoms with Crippen LogP contribution in [0.1, 0.15) is 63.9 Å². The lowest BCUT2D eigenvalue weighted by Gasteiger charge is -2.39. The van der Waals surface area contributed by atoms with Gasteiger partial charge in [-0.2, -0.15) is 0 Å². The maximum absolute atomic E-state index is 2.41. The normalized spacial score (nSPS) is 18.2. The predicted molar refractivity (Wildman–Crippen MR) is 88.2 cm³/mol. The van der Waals surface area contributed by atoms with Crippen molar-refractivity contribution >= 4 is 10.8 Å². The fourth-order valence-electron chi connectivity index (χ4n) is 4.09. The van der Waals surface area contributed by atoms with Crippen molar-refractivity contribution in [2.45, 2.75) is 63.7 Å². The molecule has 20 heavy (non-hydrogen) atoms. The summed E-state index contributed by atoms with van der Waals surface area (Å²) in [4.78, 5) is 0. The largest absolute Gasteiger partial charge is 0.0654 e. The standard InChI is InChI=1S/C20H26/c1-2-3-14-20(15-7-4-8-16-20)19-13-9-11-17-10-5-6-12-18(17)19/h5-6,9-13H,2-4,7-8,14-16H2,1H3. The molecule has 0 radical (unpaired) electrons. The third-order valence-electron chi connectivity index (χ3n) is 5.18. The Bertz CT molecular complexity index is 556. The number of hydrogen-bond acceptors (Lipinski definition) is 0. The third kappa shape index (κ3) is 2.49. The summed E-state index contributed by atoms with van der Waals surface area (Å²) in [6, 6.07) is 15.9. The quantitative estimate of drug-likeness (QED) is 0.615. The van der Waals surface area contributed by atoms with Crippen LogP contribution in [-0.4, -0.2) is 0 Å². The van der Waals surface area contributed by atoms with Crippen LogP contribution < -0.4 is 0 Å². The van der Waals surface area contributed by atoms with Gasteiger partial charge < -0.3 is 0 Å². The lowest BCUT2D eigenvalue weighted by Crippen LogP contribution is -2.29. The summed E-state index contributed by atoms with van der Waals surface area (Å²) in [5.74, 6) is 0. The summed E-state index contributed by atoms with van der Waals surface area (Å²) in [5.41, 5.74) is 2.08. The molecule has 1 aliphatic carbocycles. The van der Waals surface area contributed by atoms with Crippen molar-refractivity contribution in [2.75, 3.05) is 0 Å². The number of hydrogen-bond donors (Lipinski definition) is 0. The van der Waals surface area contributed by atoms with Crippen molar-refractivity contribution in [3.05, 3.63) is 48.0 Å². The monoisotopic (exact) mass is 266 g/mol. The van der Waals surface area contributed by atoms with Gasteiger partial charge in [0.2, 0.25) is 0 Å². The first kappa shape index (κ1) is 13.7. The molecule has 0 amide bonds. The molecule has 0 unspecified atom stereocenters. The molecular formula is C20H26. The molecule has 0 aliphatic heterocycles. The fraction of sp³-hybridized carbons (Fsp3) is 0.500. The third-order valence-corrected chi connectivity index (χ3v) is 5.18. The molecule has 3 rings (SSSR count). The number of fused-ring (bicyclic) bond motifs is 1. The zero-order valence-corrected chi connectivity index (χ0v) is 12.7. The molecule has 2 aromatic carbocycles. The Labute approximate surface area is 123 Å². The van der Waals surface area contributed by atoms with Gasteiger partial charge in [-0.3, -0.25) is 0 Å². The van der Waals surface area contributed by atoms with Crippen LogP contribution in [0.3, 0.4) is 0 Å². The molecule has 0 saturated heterocycles. The van der Waals surface area contributed by atoms with E-state index in [2.05, 4.69) is 49.4 Å². The molecule has 1 saturated carbocycles. The first-order valence-electron chi connectivity index (χ1n) is 8.34. The highest BCUT2D eigenvalue weighted by molar-refractivity contribution is 5.86. The minimum atomic E-state index is 0.453. The number of unbranched alkanes of at least 4 members (excludes halogenated alkanes) is 1. The SMILES string of the molecule is CCCCC1(c2cccc3ccccc23)CCCCC1. The molecule has 0 bridgehead atoms. The van der Waals surface area contributed by atoms with E-state index in [1.807, 2.05) is 0 Å². The van der Waals surface area contributed by atoms with Crippen molar-refractivity contribution in [1.29, 1.82) is 0 Å². The van der Waals surface area contributed by atoms with Gasteiger partial charge in [0.1, 0.15) is 0 Å². The van der Waals surface area contributed by atoms with Gasteiger partial charge >= 0.3 is 0 Å². The average Bonchev–Trinajstić information content (AvgIpc) is 2.53. The van der Waals surface area contributed by atoms with E-state index in [-0.39, 0.29) is 0 Å². The van der Waals surface area contributed by atoms with Crippen molar-refractivity contribution in [3.8, 4) is 0 Å². The molecule has 0 spiro atoms. The van der Waals surface area contributed by atoms with Crippen molar-refractivity contribution in [2.24, 2.45) is 0 Å². The zero-order valence-electron chi connectivity index (χ0n) is 12.7. The second-order valence-electron chi connectivity index (χ2n) is 6.47. The van der Waals surface area contributed by atoms with Crippen LogP contribution in [0, 0.1) is 0 Å². The highest BCUT2D eigenvalue weighted by Crippen LogP contribution is 2.45. The van der Waals surface area contributed by atoms with E-state index >= 15 is 0 Å². The van der Waals surface area contributed by atoms with Gasteiger partial charge in [-0.1, -0.05) is 81.5 Å². The van der Waals surface area contributed by atoms with E-state index in [1.165, 1.54) is 62.1 Å². The zero-order chi connectivity index (χ0) is 13.8. The number of rotatable bonds is 4. The van der Waals surface area contributed by atoms with Crippen molar-refractivity contribution in [3.63, 3.8) is 0 Å². The minimum absolute atomic E-state index is 0.453. The molecule has 1 fully saturated rings. The Morgan fingerprint density at radius 2 is 1.65 bits per heavy atom. The molecule has 2 aromatic rings. The predicted octanol–water partition coefficient (Wildman–Crippen LogP) is 6.23. The summed E-state index contributed by atoms with van der Waals surface area (Å²) in [6.07, 6.45) is 11.1. The van der Waals surface area contributed by atoms with E-state index in [0.717, 1.165) is 0 Å². The second-order valence-corrected chi connectivity index (χ2v) is 6.47.